The number of rotatable bonds is 4. The second-order valence-electron chi connectivity index (χ2n) is 4.35. The molecule has 5 nitrogen and oxygen atoms in total. The van der Waals surface area contributed by atoms with Crippen LogP contribution in [0.4, 0.5) is 5.82 Å². The Balaban J connectivity index is 1.98. The van der Waals surface area contributed by atoms with E-state index < -0.39 is 0 Å². The summed E-state index contributed by atoms with van der Waals surface area (Å²) < 4.78 is 0. The Labute approximate surface area is 121 Å². The number of nitrogens with one attached hydrogen (secondary N) is 2. The van der Waals surface area contributed by atoms with Crippen molar-refractivity contribution in [1.29, 1.82) is 0 Å². The Hall–Kier alpha value is -2.21. The number of thiophene rings is 1. The van der Waals surface area contributed by atoms with Crippen LogP contribution in [0, 0.1) is 6.92 Å². The van der Waals surface area contributed by atoms with Crippen molar-refractivity contribution in [3.05, 3.63) is 45.8 Å². The fraction of sp³-hybridized carbons (Fsp3) is 0.214. The van der Waals surface area contributed by atoms with Crippen molar-refractivity contribution in [3.8, 4) is 0 Å². The largest absolute Gasteiger partial charge is 0.351 e. The molecular formula is C14H15N3O2S. The lowest BCUT2D eigenvalue weighted by molar-refractivity contribution is -0.119. The molecule has 0 unspecified atom stereocenters. The van der Waals surface area contributed by atoms with E-state index in [0.29, 0.717) is 17.2 Å². The van der Waals surface area contributed by atoms with Gasteiger partial charge in [0.1, 0.15) is 5.82 Å². The molecule has 2 N–H and O–H groups in total. The summed E-state index contributed by atoms with van der Waals surface area (Å²) in [5, 5.41) is 5.43. The third-order valence-corrected chi connectivity index (χ3v) is 3.63. The number of aryl methyl sites for hydroxylation is 1. The third-order valence-electron chi connectivity index (χ3n) is 2.55. The minimum absolute atomic E-state index is 0.0896. The zero-order valence-corrected chi connectivity index (χ0v) is 12.1. The lowest BCUT2D eigenvalue weighted by Gasteiger charge is -2.02. The fourth-order valence-electron chi connectivity index (χ4n) is 1.53. The van der Waals surface area contributed by atoms with E-state index in [4.69, 9.17) is 0 Å². The van der Waals surface area contributed by atoms with Gasteiger partial charge in [-0.3, -0.25) is 9.59 Å². The van der Waals surface area contributed by atoms with E-state index in [0.717, 1.165) is 10.4 Å². The van der Waals surface area contributed by atoms with Crippen LogP contribution in [0.3, 0.4) is 0 Å². The van der Waals surface area contributed by atoms with Gasteiger partial charge in [0.2, 0.25) is 5.91 Å². The van der Waals surface area contributed by atoms with Crippen molar-refractivity contribution in [2.75, 3.05) is 5.32 Å². The van der Waals surface area contributed by atoms with E-state index in [2.05, 4.69) is 15.6 Å². The molecule has 2 heterocycles. The predicted molar refractivity (Wildman–Crippen MR) is 78.8 cm³/mol. The van der Waals surface area contributed by atoms with Crippen LogP contribution < -0.4 is 10.6 Å². The Bertz CT molecular complexity index is 620. The Morgan fingerprint density at radius 3 is 2.70 bits per heavy atom. The molecule has 20 heavy (non-hydrogen) atoms. The Morgan fingerprint density at radius 1 is 1.25 bits per heavy atom. The van der Waals surface area contributed by atoms with Gasteiger partial charge in [0.25, 0.3) is 5.91 Å². The molecule has 0 bridgehead atoms. The van der Waals surface area contributed by atoms with Crippen LogP contribution in [-0.2, 0) is 11.3 Å². The van der Waals surface area contributed by atoms with Gasteiger partial charge in [-0.15, -0.1) is 11.3 Å². The van der Waals surface area contributed by atoms with Gasteiger partial charge in [0.15, 0.2) is 0 Å². The van der Waals surface area contributed by atoms with Crippen LogP contribution in [-0.4, -0.2) is 16.8 Å². The number of carbonyl (C=O) groups excluding carboxylic acids is 2. The van der Waals surface area contributed by atoms with Gasteiger partial charge in [-0.1, -0.05) is 6.07 Å². The molecule has 0 spiro atoms. The number of nitrogens with zero attached hydrogens (tertiary/aromatic N) is 1. The topological polar surface area (TPSA) is 71.1 Å². The van der Waals surface area contributed by atoms with Crippen molar-refractivity contribution in [2.24, 2.45) is 0 Å². The first-order chi connectivity index (χ1) is 9.54. The van der Waals surface area contributed by atoms with E-state index in [1.807, 2.05) is 19.1 Å². The number of aromatic nitrogens is 1. The maximum Gasteiger partial charge on any atom is 0.266 e. The van der Waals surface area contributed by atoms with Crippen molar-refractivity contribution in [2.45, 2.75) is 20.4 Å². The fourth-order valence-corrected chi connectivity index (χ4v) is 2.37. The zero-order chi connectivity index (χ0) is 14.5. The summed E-state index contributed by atoms with van der Waals surface area (Å²) in [6, 6.07) is 7.22. The summed E-state index contributed by atoms with van der Waals surface area (Å²) in [5.74, 6) is 0.242. The molecular weight excluding hydrogens is 274 g/mol. The standard InChI is InChI=1S/C14H15N3O2S/c1-9-3-6-13(16-7-9)17-14(19)12-5-4-11(20-12)8-15-10(2)18/h3-7H,8H2,1-2H3,(H,15,18)(H,16,17,19). The number of pyridine rings is 1. The van der Waals surface area contributed by atoms with E-state index in [1.54, 1.807) is 18.3 Å². The quantitative estimate of drug-likeness (QED) is 0.907. The number of hydrogen-bond donors (Lipinski definition) is 2. The zero-order valence-electron chi connectivity index (χ0n) is 11.3. The summed E-state index contributed by atoms with van der Waals surface area (Å²) in [4.78, 5) is 28.5. The molecule has 0 radical (unpaired) electrons. The molecule has 0 atom stereocenters. The SMILES string of the molecule is CC(=O)NCc1ccc(C(=O)Nc2ccc(C)cn2)s1. The summed E-state index contributed by atoms with van der Waals surface area (Å²) in [6.45, 7) is 3.84. The highest BCUT2D eigenvalue weighted by atomic mass is 32.1. The van der Waals surface area contributed by atoms with E-state index >= 15 is 0 Å². The van der Waals surface area contributed by atoms with Crippen molar-refractivity contribution in [3.63, 3.8) is 0 Å². The van der Waals surface area contributed by atoms with Gasteiger partial charge in [-0.25, -0.2) is 4.98 Å². The summed E-state index contributed by atoms with van der Waals surface area (Å²) in [6.07, 6.45) is 1.70. The van der Waals surface area contributed by atoms with Crippen LogP contribution in [0.5, 0.6) is 0 Å². The maximum absolute atomic E-state index is 12.0. The number of amides is 2. The normalized spacial score (nSPS) is 10.1. The lowest BCUT2D eigenvalue weighted by Crippen LogP contribution is -2.18. The molecule has 0 aromatic carbocycles. The van der Waals surface area contributed by atoms with Crippen molar-refractivity contribution in [1.82, 2.24) is 10.3 Å². The monoisotopic (exact) mass is 289 g/mol. The van der Waals surface area contributed by atoms with E-state index in [-0.39, 0.29) is 11.8 Å². The lowest BCUT2D eigenvalue weighted by atomic mass is 10.3. The molecule has 2 rings (SSSR count). The predicted octanol–water partition coefficient (Wildman–Crippen LogP) is 2.34. The Kier molecular flexibility index (Phi) is 4.47. The number of carbonyl (C=O) groups is 2. The van der Waals surface area contributed by atoms with Crippen LogP contribution in [0.15, 0.2) is 30.5 Å². The molecule has 0 aliphatic carbocycles. The molecule has 2 aromatic rings. The van der Waals surface area contributed by atoms with Gasteiger partial charge in [0, 0.05) is 18.0 Å². The van der Waals surface area contributed by atoms with Crippen LogP contribution in [0.25, 0.3) is 0 Å². The first-order valence-electron chi connectivity index (χ1n) is 6.12. The summed E-state index contributed by atoms with van der Waals surface area (Å²) in [5.41, 5.74) is 1.04. The third kappa shape index (κ3) is 3.89. The molecule has 0 aliphatic heterocycles. The Morgan fingerprint density at radius 2 is 2.05 bits per heavy atom. The van der Waals surface area contributed by atoms with Crippen LogP contribution in [0.1, 0.15) is 27.0 Å². The highest BCUT2D eigenvalue weighted by Crippen LogP contribution is 2.17. The van der Waals surface area contributed by atoms with Crippen molar-refractivity contribution < 1.29 is 9.59 Å². The molecule has 0 saturated carbocycles. The molecule has 6 heteroatoms. The first-order valence-corrected chi connectivity index (χ1v) is 6.93. The van der Waals surface area contributed by atoms with Crippen molar-refractivity contribution >= 4 is 29.0 Å². The average molecular weight is 289 g/mol. The van der Waals surface area contributed by atoms with Gasteiger partial charge in [0.05, 0.1) is 11.4 Å². The van der Waals surface area contributed by atoms with Gasteiger partial charge < -0.3 is 10.6 Å². The minimum atomic E-state index is -0.194. The summed E-state index contributed by atoms with van der Waals surface area (Å²) in [7, 11) is 0. The molecule has 0 aliphatic rings. The van der Waals surface area contributed by atoms with Crippen LogP contribution in [0.2, 0.25) is 0 Å². The highest BCUT2D eigenvalue weighted by molar-refractivity contribution is 7.14. The molecule has 0 fully saturated rings. The summed E-state index contributed by atoms with van der Waals surface area (Å²) >= 11 is 1.35. The molecule has 104 valence electrons. The smallest absolute Gasteiger partial charge is 0.266 e. The first kappa shape index (κ1) is 14.2. The van der Waals surface area contributed by atoms with Gasteiger partial charge in [-0.2, -0.15) is 0 Å². The molecule has 2 amide bonds. The molecule has 2 aromatic heterocycles. The number of hydrogen-bond acceptors (Lipinski definition) is 4. The maximum atomic E-state index is 12.0. The van der Waals surface area contributed by atoms with Gasteiger partial charge in [-0.05, 0) is 30.7 Å². The van der Waals surface area contributed by atoms with Gasteiger partial charge >= 0.3 is 0 Å². The van der Waals surface area contributed by atoms with Crippen LogP contribution >= 0.6 is 11.3 Å². The van der Waals surface area contributed by atoms with E-state index in [9.17, 15) is 9.59 Å². The average Bonchev–Trinajstić information content (AvgIpc) is 2.88. The minimum Gasteiger partial charge on any atom is -0.351 e. The second kappa shape index (κ2) is 6.29. The number of anilines is 1. The molecule has 0 saturated heterocycles. The highest BCUT2D eigenvalue weighted by Gasteiger charge is 2.10. The van der Waals surface area contributed by atoms with E-state index in [1.165, 1.54) is 18.3 Å². The second-order valence-corrected chi connectivity index (χ2v) is 5.52.